The fourth-order valence-corrected chi connectivity index (χ4v) is 4.37. The van der Waals surface area contributed by atoms with E-state index in [0.29, 0.717) is 11.6 Å². The maximum Gasteiger partial charge on any atom is 0.268 e. The van der Waals surface area contributed by atoms with Crippen molar-refractivity contribution in [1.29, 1.82) is 0 Å². The predicted molar refractivity (Wildman–Crippen MR) is 98.3 cm³/mol. The molecule has 3 heterocycles. The third-order valence-electron chi connectivity index (χ3n) is 4.69. The van der Waals surface area contributed by atoms with Crippen molar-refractivity contribution in [2.75, 3.05) is 13.2 Å². The molecule has 1 aromatic carbocycles. The van der Waals surface area contributed by atoms with E-state index in [1.54, 1.807) is 48.8 Å². The normalized spacial score (nSPS) is 15.1. The molecule has 0 atom stereocenters. The Bertz CT molecular complexity index is 999. The third kappa shape index (κ3) is 3.20. The molecule has 136 valence electrons. The number of nitrogens with zero attached hydrogens (tertiary/aromatic N) is 3. The molecule has 0 saturated carbocycles. The molecule has 0 radical (unpaired) electrons. The monoisotopic (exact) mass is 371 g/mol. The maximum atomic E-state index is 13.0. The SMILES string of the molecule is Cc1ccc(S(=O)(=O)n2cccc2-c2cnn(CCC3COC3)c2)cc1. The number of ether oxygens (including phenoxy) is 1. The summed E-state index contributed by atoms with van der Waals surface area (Å²) in [4.78, 5) is 0.276. The molecular weight excluding hydrogens is 350 g/mol. The summed E-state index contributed by atoms with van der Waals surface area (Å²) in [6.07, 6.45) is 6.21. The van der Waals surface area contributed by atoms with Gasteiger partial charge in [-0.15, -0.1) is 0 Å². The van der Waals surface area contributed by atoms with Gasteiger partial charge in [0.15, 0.2) is 0 Å². The van der Waals surface area contributed by atoms with Gasteiger partial charge < -0.3 is 4.74 Å². The van der Waals surface area contributed by atoms with Crippen LogP contribution in [0.4, 0.5) is 0 Å². The Morgan fingerprint density at radius 1 is 1.19 bits per heavy atom. The minimum Gasteiger partial charge on any atom is -0.381 e. The highest BCUT2D eigenvalue weighted by molar-refractivity contribution is 7.90. The molecule has 2 aromatic heterocycles. The number of aromatic nitrogens is 3. The molecule has 0 aliphatic carbocycles. The van der Waals surface area contributed by atoms with Gasteiger partial charge in [-0.05, 0) is 37.6 Å². The van der Waals surface area contributed by atoms with E-state index in [9.17, 15) is 8.42 Å². The minimum absolute atomic E-state index is 0.276. The van der Waals surface area contributed by atoms with E-state index in [1.807, 2.05) is 17.8 Å². The Labute approximate surface area is 153 Å². The third-order valence-corrected chi connectivity index (χ3v) is 6.40. The van der Waals surface area contributed by atoms with Crippen LogP contribution in [0.1, 0.15) is 12.0 Å². The molecule has 7 heteroatoms. The predicted octanol–water partition coefficient (Wildman–Crippen LogP) is 2.93. The Kier molecular flexibility index (Phi) is 4.42. The molecule has 0 N–H and O–H groups in total. The fourth-order valence-electron chi connectivity index (χ4n) is 3.01. The van der Waals surface area contributed by atoms with Crippen molar-refractivity contribution >= 4 is 10.0 Å². The van der Waals surface area contributed by atoms with Gasteiger partial charge in [0.25, 0.3) is 10.0 Å². The molecule has 4 rings (SSSR count). The number of rotatable bonds is 6. The Morgan fingerprint density at radius 3 is 2.65 bits per heavy atom. The Balaban J connectivity index is 1.60. The van der Waals surface area contributed by atoms with Gasteiger partial charge in [0, 0.05) is 30.4 Å². The number of aryl methyl sites for hydroxylation is 2. The molecule has 1 fully saturated rings. The first-order valence-electron chi connectivity index (χ1n) is 8.64. The number of hydrogen-bond donors (Lipinski definition) is 0. The second-order valence-electron chi connectivity index (χ2n) is 6.69. The van der Waals surface area contributed by atoms with E-state index in [4.69, 9.17) is 4.74 Å². The summed E-state index contributed by atoms with van der Waals surface area (Å²) in [7, 11) is -3.64. The first-order valence-corrected chi connectivity index (χ1v) is 10.1. The van der Waals surface area contributed by atoms with E-state index in [2.05, 4.69) is 5.10 Å². The quantitative estimate of drug-likeness (QED) is 0.668. The lowest BCUT2D eigenvalue weighted by Gasteiger charge is -2.25. The van der Waals surface area contributed by atoms with Gasteiger partial charge in [0.2, 0.25) is 0 Å². The lowest BCUT2D eigenvalue weighted by Crippen LogP contribution is -2.28. The van der Waals surface area contributed by atoms with E-state index in [1.165, 1.54) is 3.97 Å². The average molecular weight is 371 g/mol. The minimum atomic E-state index is -3.64. The first-order chi connectivity index (χ1) is 12.5. The van der Waals surface area contributed by atoms with Gasteiger partial charge in [0.1, 0.15) is 0 Å². The topological polar surface area (TPSA) is 66.1 Å². The van der Waals surface area contributed by atoms with Crippen molar-refractivity contribution in [3.05, 3.63) is 60.6 Å². The molecule has 1 saturated heterocycles. The van der Waals surface area contributed by atoms with Crippen molar-refractivity contribution in [3.8, 4) is 11.3 Å². The van der Waals surface area contributed by atoms with Gasteiger partial charge in [-0.3, -0.25) is 4.68 Å². The second kappa shape index (κ2) is 6.74. The van der Waals surface area contributed by atoms with Crippen molar-refractivity contribution in [2.24, 2.45) is 5.92 Å². The summed E-state index contributed by atoms with van der Waals surface area (Å²) in [6, 6.07) is 10.4. The molecule has 0 spiro atoms. The summed E-state index contributed by atoms with van der Waals surface area (Å²) in [5.41, 5.74) is 2.43. The van der Waals surface area contributed by atoms with Gasteiger partial charge in [-0.2, -0.15) is 5.10 Å². The molecule has 6 nitrogen and oxygen atoms in total. The highest BCUT2D eigenvalue weighted by atomic mass is 32.2. The van der Waals surface area contributed by atoms with Crippen LogP contribution in [0.25, 0.3) is 11.3 Å². The van der Waals surface area contributed by atoms with Crippen LogP contribution in [0.2, 0.25) is 0 Å². The summed E-state index contributed by atoms with van der Waals surface area (Å²) in [5, 5.41) is 4.38. The van der Waals surface area contributed by atoms with Crippen LogP contribution in [0.15, 0.2) is 59.9 Å². The highest BCUT2D eigenvalue weighted by Crippen LogP contribution is 2.25. The summed E-state index contributed by atoms with van der Waals surface area (Å²) < 4.78 is 34.4. The molecule has 26 heavy (non-hydrogen) atoms. The molecule has 3 aromatic rings. The average Bonchev–Trinajstić information content (AvgIpc) is 3.23. The standard InChI is InChI=1S/C19H21N3O3S/c1-15-4-6-18(7-5-15)26(23,24)22-9-2-3-19(22)17-11-20-21(12-17)10-8-16-13-25-14-16/h2-7,9,11-12,16H,8,10,13-14H2,1H3. The van der Waals surface area contributed by atoms with Crippen LogP contribution in [0.3, 0.4) is 0 Å². The van der Waals surface area contributed by atoms with Crippen molar-refractivity contribution in [2.45, 2.75) is 24.8 Å². The van der Waals surface area contributed by atoms with E-state index < -0.39 is 10.0 Å². The van der Waals surface area contributed by atoms with Crippen molar-refractivity contribution < 1.29 is 13.2 Å². The zero-order chi connectivity index (χ0) is 18.1. The van der Waals surface area contributed by atoms with Crippen LogP contribution in [0.5, 0.6) is 0 Å². The summed E-state index contributed by atoms with van der Waals surface area (Å²) in [6.45, 7) is 4.39. The van der Waals surface area contributed by atoms with E-state index >= 15 is 0 Å². The van der Waals surface area contributed by atoms with Crippen molar-refractivity contribution in [1.82, 2.24) is 13.8 Å². The number of benzene rings is 1. The molecule has 1 aliphatic heterocycles. The Hall–Kier alpha value is -2.38. The lowest BCUT2D eigenvalue weighted by molar-refractivity contribution is -0.0375. The van der Waals surface area contributed by atoms with E-state index in [0.717, 1.165) is 37.3 Å². The fraction of sp³-hybridized carbons (Fsp3) is 0.316. The first kappa shape index (κ1) is 17.1. The second-order valence-corrected chi connectivity index (χ2v) is 8.51. The summed E-state index contributed by atoms with van der Waals surface area (Å²) in [5.74, 6) is 0.605. The van der Waals surface area contributed by atoms with Crippen LogP contribution in [0, 0.1) is 12.8 Å². The molecule has 0 bridgehead atoms. The van der Waals surface area contributed by atoms with Gasteiger partial charge in [0.05, 0.1) is 30.0 Å². The zero-order valence-electron chi connectivity index (χ0n) is 14.6. The smallest absolute Gasteiger partial charge is 0.268 e. The highest BCUT2D eigenvalue weighted by Gasteiger charge is 2.21. The van der Waals surface area contributed by atoms with Crippen LogP contribution in [-0.4, -0.2) is 35.4 Å². The maximum absolute atomic E-state index is 13.0. The van der Waals surface area contributed by atoms with Crippen molar-refractivity contribution in [3.63, 3.8) is 0 Å². The van der Waals surface area contributed by atoms with Crippen LogP contribution >= 0.6 is 0 Å². The zero-order valence-corrected chi connectivity index (χ0v) is 15.4. The molecule has 1 aliphatic rings. The van der Waals surface area contributed by atoms with E-state index in [-0.39, 0.29) is 4.90 Å². The number of hydrogen-bond acceptors (Lipinski definition) is 4. The van der Waals surface area contributed by atoms with Crippen LogP contribution in [-0.2, 0) is 21.3 Å². The van der Waals surface area contributed by atoms with Crippen LogP contribution < -0.4 is 0 Å². The Morgan fingerprint density at radius 2 is 1.96 bits per heavy atom. The van der Waals surface area contributed by atoms with Gasteiger partial charge in [-0.1, -0.05) is 17.7 Å². The molecular formula is C19H21N3O3S. The largest absolute Gasteiger partial charge is 0.381 e. The molecule has 0 unspecified atom stereocenters. The summed E-state index contributed by atoms with van der Waals surface area (Å²) >= 11 is 0. The molecule has 0 amide bonds. The van der Waals surface area contributed by atoms with Gasteiger partial charge >= 0.3 is 0 Å². The van der Waals surface area contributed by atoms with Gasteiger partial charge in [-0.25, -0.2) is 12.4 Å². The lowest BCUT2D eigenvalue weighted by atomic mass is 10.0.